The van der Waals surface area contributed by atoms with Gasteiger partial charge in [-0.2, -0.15) is 0 Å². The number of hydrogen-bond acceptors (Lipinski definition) is 2. The van der Waals surface area contributed by atoms with Crippen LogP contribution in [0.1, 0.15) is 53.5 Å². The third kappa shape index (κ3) is 5.98. The third-order valence-corrected chi connectivity index (χ3v) is 3.98. The van der Waals surface area contributed by atoms with E-state index in [-0.39, 0.29) is 35.2 Å². The van der Waals surface area contributed by atoms with E-state index >= 15 is 0 Å². The highest BCUT2D eigenvalue weighted by Gasteiger charge is 2.30. The molecule has 4 heteroatoms. The lowest BCUT2D eigenvalue weighted by Crippen LogP contribution is -2.51. The molecule has 22 heavy (non-hydrogen) atoms. The fourth-order valence-corrected chi connectivity index (χ4v) is 2.55. The normalized spacial score (nSPS) is 14.7. The molecule has 0 heterocycles. The topological polar surface area (TPSA) is 55.1 Å². The molecule has 3 nitrogen and oxygen atoms in total. The Morgan fingerprint density at radius 1 is 1.14 bits per heavy atom. The number of carbonyl (C=O) groups is 1. The van der Waals surface area contributed by atoms with Crippen LogP contribution in [0.25, 0.3) is 0 Å². The van der Waals surface area contributed by atoms with Gasteiger partial charge in [-0.05, 0) is 29.7 Å². The molecule has 0 aliphatic rings. The van der Waals surface area contributed by atoms with Gasteiger partial charge in [0, 0.05) is 6.04 Å². The first-order chi connectivity index (χ1) is 9.54. The number of benzene rings is 1. The number of rotatable bonds is 5. The van der Waals surface area contributed by atoms with Gasteiger partial charge in [0.05, 0.1) is 6.04 Å². The quantitative estimate of drug-likeness (QED) is 0.867. The SMILES string of the molecule is CC(CC(C)(C)c1ccccc1)NC(=O)[C@@H](N)C(C)(C)C.Cl. The highest BCUT2D eigenvalue weighted by atomic mass is 35.5. The molecule has 1 aromatic rings. The smallest absolute Gasteiger partial charge is 0.237 e. The zero-order valence-electron chi connectivity index (χ0n) is 14.6. The Hall–Kier alpha value is -1.06. The van der Waals surface area contributed by atoms with Gasteiger partial charge in [-0.3, -0.25) is 4.79 Å². The van der Waals surface area contributed by atoms with E-state index in [9.17, 15) is 4.79 Å². The first-order valence-electron chi connectivity index (χ1n) is 7.65. The van der Waals surface area contributed by atoms with Crippen molar-refractivity contribution in [2.75, 3.05) is 0 Å². The summed E-state index contributed by atoms with van der Waals surface area (Å²) >= 11 is 0. The summed E-state index contributed by atoms with van der Waals surface area (Å²) in [5.74, 6) is -0.0705. The van der Waals surface area contributed by atoms with E-state index in [0.29, 0.717) is 0 Å². The van der Waals surface area contributed by atoms with E-state index in [1.807, 2.05) is 33.8 Å². The first kappa shape index (κ1) is 20.9. The van der Waals surface area contributed by atoms with Crippen molar-refractivity contribution in [3.05, 3.63) is 35.9 Å². The lowest BCUT2D eigenvalue weighted by Gasteiger charge is -2.31. The van der Waals surface area contributed by atoms with Gasteiger partial charge < -0.3 is 11.1 Å². The second-order valence-corrected chi connectivity index (χ2v) is 7.71. The Labute approximate surface area is 141 Å². The number of nitrogens with one attached hydrogen (secondary N) is 1. The lowest BCUT2D eigenvalue weighted by atomic mass is 9.79. The Balaban J connectivity index is 0.00000441. The van der Waals surface area contributed by atoms with E-state index in [1.54, 1.807) is 0 Å². The highest BCUT2D eigenvalue weighted by Crippen LogP contribution is 2.28. The molecule has 0 aromatic heterocycles. The average molecular weight is 327 g/mol. The molecule has 1 rings (SSSR count). The minimum atomic E-state index is -0.486. The zero-order valence-corrected chi connectivity index (χ0v) is 15.5. The monoisotopic (exact) mass is 326 g/mol. The Bertz CT molecular complexity index is 466. The Morgan fingerprint density at radius 2 is 1.64 bits per heavy atom. The maximum atomic E-state index is 12.2. The number of hydrogen-bond donors (Lipinski definition) is 2. The van der Waals surface area contributed by atoms with Crippen molar-refractivity contribution >= 4 is 18.3 Å². The number of nitrogens with two attached hydrogens (primary N) is 1. The predicted octanol–water partition coefficient (Wildman–Crippen LogP) is 3.65. The molecule has 1 unspecified atom stereocenters. The zero-order chi connectivity index (χ0) is 16.3. The summed E-state index contributed by atoms with van der Waals surface area (Å²) in [6.45, 7) is 12.4. The standard InChI is InChI=1S/C18H30N2O.ClH/c1-13(20-16(21)15(19)17(2,3)4)12-18(5,6)14-10-8-7-9-11-14;/h7-11,13,15H,12,19H2,1-6H3,(H,20,21);1H/t13?,15-;/m1./s1. The van der Waals surface area contributed by atoms with Crippen LogP contribution in [-0.2, 0) is 10.2 Å². The van der Waals surface area contributed by atoms with Crippen LogP contribution in [0, 0.1) is 5.41 Å². The largest absolute Gasteiger partial charge is 0.352 e. The van der Waals surface area contributed by atoms with Crippen LogP contribution < -0.4 is 11.1 Å². The van der Waals surface area contributed by atoms with Crippen molar-refractivity contribution < 1.29 is 4.79 Å². The molecule has 1 amide bonds. The minimum absolute atomic E-state index is 0. The summed E-state index contributed by atoms with van der Waals surface area (Å²) in [4.78, 5) is 12.2. The molecule has 2 atom stereocenters. The molecule has 0 aliphatic heterocycles. The molecule has 0 bridgehead atoms. The van der Waals surface area contributed by atoms with Crippen molar-refractivity contribution in [1.29, 1.82) is 0 Å². The van der Waals surface area contributed by atoms with Gasteiger partial charge in [-0.15, -0.1) is 12.4 Å². The van der Waals surface area contributed by atoms with Crippen LogP contribution >= 0.6 is 12.4 Å². The third-order valence-electron chi connectivity index (χ3n) is 3.98. The van der Waals surface area contributed by atoms with Gasteiger partial charge in [0.2, 0.25) is 5.91 Å². The van der Waals surface area contributed by atoms with Gasteiger partial charge in [0.1, 0.15) is 0 Å². The maximum absolute atomic E-state index is 12.2. The van der Waals surface area contributed by atoms with Crippen LogP contribution in [0.3, 0.4) is 0 Å². The summed E-state index contributed by atoms with van der Waals surface area (Å²) < 4.78 is 0. The second kappa shape index (κ2) is 7.98. The highest BCUT2D eigenvalue weighted by molar-refractivity contribution is 5.85. The molecule has 1 aromatic carbocycles. The predicted molar refractivity (Wildman–Crippen MR) is 96.4 cm³/mol. The van der Waals surface area contributed by atoms with E-state index in [2.05, 4.69) is 43.4 Å². The second-order valence-electron chi connectivity index (χ2n) is 7.71. The lowest BCUT2D eigenvalue weighted by molar-refractivity contribution is -0.125. The number of amides is 1. The van der Waals surface area contributed by atoms with Gasteiger partial charge in [0.15, 0.2) is 0 Å². The van der Waals surface area contributed by atoms with Gasteiger partial charge in [-0.25, -0.2) is 0 Å². The van der Waals surface area contributed by atoms with Crippen molar-refractivity contribution in [3.8, 4) is 0 Å². The fourth-order valence-electron chi connectivity index (χ4n) is 2.55. The first-order valence-corrected chi connectivity index (χ1v) is 7.65. The van der Waals surface area contributed by atoms with Gasteiger partial charge >= 0.3 is 0 Å². The van der Waals surface area contributed by atoms with Gasteiger partial charge in [-0.1, -0.05) is 65.0 Å². The van der Waals surface area contributed by atoms with Crippen molar-refractivity contribution in [2.24, 2.45) is 11.1 Å². The number of halogens is 1. The minimum Gasteiger partial charge on any atom is -0.352 e. The van der Waals surface area contributed by atoms with Crippen molar-refractivity contribution in [2.45, 2.75) is 65.5 Å². The molecule has 0 spiro atoms. The van der Waals surface area contributed by atoms with Crippen LogP contribution in [0.5, 0.6) is 0 Å². The molecule has 126 valence electrons. The summed E-state index contributed by atoms with van der Waals surface area (Å²) in [7, 11) is 0. The molecular formula is C18H31ClN2O. The van der Waals surface area contributed by atoms with Crippen LogP contribution in [0.15, 0.2) is 30.3 Å². The molecule has 0 fully saturated rings. The molecule has 0 radical (unpaired) electrons. The van der Waals surface area contributed by atoms with E-state index in [0.717, 1.165) is 6.42 Å². The van der Waals surface area contributed by atoms with Crippen molar-refractivity contribution in [1.82, 2.24) is 5.32 Å². The molecule has 0 saturated heterocycles. The van der Waals surface area contributed by atoms with Crippen LogP contribution in [0.2, 0.25) is 0 Å². The number of carbonyl (C=O) groups excluding carboxylic acids is 1. The Kier molecular flexibility index (Phi) is 7.60. The Morgan fingerprint density at radius 3 is 2.09 bits per heavy atom. The van der Waals surface area contributed by atoms with E-state index in [4.69, 9.17) is 5.73 Å². The molecule has 0 aliphatic carbocycles. The van der Waals surface area contributed by atoms with Gasteiger partial charge in [0.25, 0.3) is 0 Å². The molecular weight excluding hydrogens is 296 g/mol. The fraction of sp³-hybridized carbons (Fsp3) is 0.611. The molecule has 0 saturated carbocycles. The average Bonchev–Trinajstić information content (AvgIpc) is 2.36. The van der Waals surface area contributed by atoms with Crippen LogP contribution in [0.4, 0.5) is 0 Å². The summed E-state index contributed by atoms with van der Waals surface area (Å²) in [5.41, 5.74) is 7.08. The van der Waals surface area contributed by atoms with Crippen LogP contribution in [-0.4, -0.2) is 18.0 Å². The summed E-state index contributed by atoms with van der Waals surface area (Å²) in [6.07, 6.45) is 0.875. The summed E-state index contributed by atoms with van der Waals surface area (Å²) in [5, 5.41) is 3.05. The van der Waals surface area contributed by atoms with Crippen molar-refractivity contribution in [3.63, 3.8) is 0 Å². The summed E-state index contributed by atoms with van der Waals surface area (Å²) in [6, 6.07) is 9.99. The maximum Gasteiger partial charge on any atom is 0.237 e. The van der Waals surface area contributed by atoms with E-state index < -0.39 is 6.04 Å². The molecule has 3 N–H and O–H groups in total. The van der Waals surface area contributed by atoms with E-state index in [1.165, 1.54) is 5.56 Å².